The number of hydrogen-bond donors (Lipinski definition) is 2. The number of guanidine groups is 1. The molecule has 0 aliphatic carbocycles. The largest absolute Gasteiger partial charge is 0.357 e. The van der Waals surface area contributed by atoms with Gasteiger partial charge in [0, 0.05) is 18.3 Å². The number of aliphatic imine (C=N–C) groups is 1. The van der Waals surface area contributed by atoms with E-state index < -0.39 is 0 Å². The summed E-state index contributed by atoms with van der Waals surface area (Å²) in [4.78, 5) is 4.52. The van der Waals surface area contributed by atoms with Gasteiger partial charge < -0.3 is 10.6 Å². The summed E-state index contributed by atoms with van der Waals surface area (Å²) in [5.41, 5.74) is 0.864. The van der Waals surface area contributed by atoms with Crippen LogP contribution in [0.1, 0.15) is 25.3 Å². The van der Waals surface area contributed by atoms with Crippen molar-refractivity contribution in [1.29, 1.82) is 0 Å². The first-order chi connectivity index (χ1) is 10.2. The molecule has 0 aromatic heterocycles. The molecule has 0 saturated carbocycles. The second kappa shape index (κ2) is 10.7. The Morgan fingerprint density at radius 3 is 2.91 bits per heavy atom. The van der Waals surface area contributed by atoms with Crippen LogP contribution in [0.2, 0.25) is 0 Å². The van der Waals surface area contributed by atoms with Crippen molar-refractivity contribution >= 4 is 57.6 Å². The molecule has 0 spiro atoms. The zero-order chi connectivity index (χ0) is 15.1. The van der Waals surface area contributed by atoms with E-state index >= 15 is 0 Å². The fourth-order valence-corrected chi connectivity index (χ4v) is 3.61. The van der Waals surface area contributed by atoms with Crippen molar-refractivity contribution in [2.75, 3.05) is 18.8 Å². The molecule has 124 valence electrons. The topological polar surface area (TPSA) is 36.4 Å². The van der Waals surface area contributed by atoms with E-state index in [1.807, 2.05) is 24.8 Å². The van der Waals surface area contributed by atoms with Gasteiger partial charge in [0.05, 0.1) is 11.0 Å². The molecule has 1 aliphatic rings. The number of halogens is 3. The molecule has 1 saturated heterocycles. The number of thioether (sulfide) groups is 1. The van der Waals surface area contributed by atoms with Crippen molar-refractivity contribution in [3.05, 3.63) is 34.1 Å². The van der Waals surface area contributed by atoms with Crippen molar-refractivity contribution < 1.29 is 4.39 Å². The first-order valence-electron chi connectivity index (χ1n) is 7.26. The Labute approximate surface area is 161 Å². The third kappa shape index (κ3) is 6.62. The van der Waals surface area contributed by atoms with Gasteiger partial charge in [0.1, 0.15) is 5.82 Å². The van der Waals surface area contributed by atoms with E-state index in [-0.39, 0.29) is 29.8 Å². The second-order valence-electron chi connectivity index (χ2n) is 4.96. The number of nitrogens with one attached hydrogen (secondary N) is 2. The van der Waals surface area contributed by atoms with E-state index in [1.165, 1.54) is 24.7 Å². The number of rotatable bonds is 5. The molecule has 22 heavy (non-hydrogen) atoms. The van der Waals surface area contributed by atoms with Gasteiger partial charge in [-0.05, 0) is 59.1 Å². The molecule has 1 unspecified atom stereocenters. The molecule has 0 amide bonds. The molecule has 2 rings (SSSR count). The minimum absolute atomic E-state index is 0. The third-order valence-electron chi connectivity index (χ3n) is 3.27. The number of hydrogen-bond acceptors (Lipinski definition) is 2. The molecule has 1 aliphatic heterocycles. The van der Waals surface area contributed by atoms with Gasteiger partial charge >= 0.3 is 0 Å². The highest BCUT2D eigenvalue weighted by Crippen LogP contribution is 2.25. The maximum atomic E-state index is 13.5. The molecule has 1 aromatic rings. The Kier molecular flexibility index (Phi) is 9.74. The second-order valence-corrected chi connectivity index (χ2v) is 7.22. The van der Waals surface area contributed by atoms with Crippen LogP contribution in [-0.2, 0) is 6.54 Å². The van der Waals surface area contributed by atoms with Crippen LogP contribution >= 0.6 is 51.7 Å². The van der Waals surface area contributed by atoms with Crippen molar-refractivity contribution in [1.82, 2.24) is 10.6 Å². The van der Waals surface area contributed by atoms with Gasteiger partial charge in [0.15, 0.2) is 5.96 Å². The van der Waals surface area contributed by atoms with E-state index in [1.54, 1.807) is 6.07 Å². The summed E-state index contributed by atoms with van der Waals surface area (Å²) < 4.78 is 14.0. The Morgan fingerprint density at radius 1 is 1.45 bits per heavy atom. The molecule has 2 N–H and O–H groups in total. The summed E-state index contributed by atoms with van der Waals surface area (Å²) in [7, 11) is 0. The van der Waals surface area contributed by atoms with Crippen LogP contribution < -0.4 is 10.6 Å². The highest BCUT2D eigenvalue weighted by molar-refractivity contribution is 14.0. The first kappa shape index (κ1) is 20.0. The Balaban J connectivity index is 0.00000242. The van der Waals surface area contributed by atoms with Crippen LogP contribution in [0, 0.1) is 5.82 Å². The normalized spacial score (nSPS) is 18.0. The standard InChI is InChI=1S/C15H21BrFN3S.HI/c1-2-18-15(20-10-12-4-3-7-21-12)19-9-11-5-6-13(16)14(17)8-11;/h5-6,8,12H,2-4,7,9-10H2,1H3,(H2,18,19,20);1H. The van der Waals surface area contributed by atoms with Crippen LogP contribution in [-0.4, -0.2) is 30.1 Å². The SMILES string of the molecule is CCNC(=NCc1ccc(Br)c(F)c1)NCC1CCCS1.I. The van der Waals surface area contributed by atoms with Crippen LogP contribution in [0.3, 0.4) is 0 Å². The first-order valence-corrected chi connectivity index (χ1v) is 9.11. The van der Waals surface area contributed by atoms with Gasteiger partial charge in [0.2, 0.25) is 0 Å². The van der Waals surface area contributed by atoms with Crippen molar-refractivity contribution in [3.8, 4) is 0 Å². The summed E-state index contributed by atoms with van der Waals surface area (Å²) in [6.45, 7) is 4.27. The van der Waals surface area contributed by atoms with E-state index in [9.17, 15) is 4.39 Å². The van der Waals surface area contributed by atoms with Crippen molar-refractivity contribution in [2.45, 2.75) is 31.6 Å². The van der Waals surface area contributed by atoms with Crippen LogP contribution in [0.4, 0.5) is 4.39 Å². The maximum absolute atomic E-state index is 13.5. The van der Waals surface area contributed by atoms with E-state index in [0.29, 0.717) is 16.3 Å². The number of benzene rings is 1. The molecular formula is C15H22BrFIN3S. The van der Waals surface area contributed by atoms with Gasteiger partial charge in [-0.25, -0.2) is 9.38 Å². The minimum atomic E-state index is -0.247. The van der Waals surface area contributed by atoms with Crippen molar-refractivity contribution in [3.63, 3.8) is 0 Å². The Hall–Kier alpha value is -0.0200. The Bertz CT molecular complexity index is 496. The van der Waals surface area contributed by atoms with Gasteiger partial charge in [-0.15, -0.1) is 24.0 Å². The van der Waals surface area contributed by atoms with Crippen LogP contribution in [0.25, 0.3) is 0 Å². The summed E-state index contributed by atoms with van der Waals surface area (Å²) >= 11 is 5.18. The van der Waals surface area contributed by atoms with Crippen LogP contribution in [0.15, 0.2) is 27.7 Å². The zero-order valence-electron chi connectivity index (χ0n) is 12.6. The monoisotopic (exact) mass is 501 g/mol. The zero-order valence-corrected chi connectivity index (χ0v) is 17.3. The lowest BCUT2D eigenvalue weighted by Gasteiger charge is -2.14. The fourth-order valence-electron chi connectivity index (χ4n) is 2.17. The molecular weight excluding hydrogens is 480 g/mol. The Morgan fingerprint density at radius 2 is 2.27 bits per heavy atom. The lowest BCUT2D eigenvalue weighted by molar-refractivity contribution is 0.618. The van der Waals surface area contributed by atoms with E-state index in [2.05, 4.69) is 31.6 Å². The summed E-state index contributed by atoms with van der Waals surface area (Å²) in [5.74, 6) is 1.81. The van der Waals surface area contributed by atoms with Crippen LogP contribution in [0.5, 0.6) is 0 Å². The average molecular weight is 502 g/mol. The predicted octanol–water partition coefficient (Wildman–Crippen LogP) is 4.16. The quantitative estimate of drug-likeness (QED) is 0.361. The molecule has 1 atom stereocenters. The third-order valence-corrected chi connectivity index (χ3v) is 5.31. The van der Waals surface area contributed by atoms with E-state index in [4.69, 9.17) is 0 Å². The molecule has 0 bridgehead atoms. The van der Waals surface area contributed by atoms with E-state index in [0.717, 1.165) is 24.6 Å². The van der Waals surface area contributed by atoms with Gasteiger partial charge in [-0.1, -0.05) is 6.07 Å². The highest BCUT2D eigenvalue weighted by atomic mass is 127. The molecule has 1 fully saturated rings. The average Bonchev–Trinajstić information content (AvgIpc) is 2.99. The molecule has 1 aromatic carbocycles. The van der Waals surface area contributed by atoms with Gasteiger partial charge in [0.25, 0.3) is 0 Å². The highest BCUT2D eigenvalue weighted by Gasteiger charge is 2.15. The van der Waals surface area contributed by atoms with Gasteiger partial charge in [-0.3, -0.25) is 0 Å². The summed E-state index contributed by atoms with van der Waals surface area (Å²) in [6, 6.07) is 5.12. The number of nitrogens with zero attached hydrogens (tertiary/aromatic N) is 1. The molecule has 7 heteroatoms. The van der Waals surface area contributed by atoms with Gasteiger partial charge in [-0.2, -0.15) is 11.8 Å². The smallest absolute Gasteiger partial charge is 0.191 e. The molecule has 0 radical (unpaired) electrons. The summed E-state index contributed by atoms with van der Waals surface area (Å²) in [6.07, 6.45) is 2.58. The predicted molar refractivity (Wildman–Crippen MR) is 108 cm³/mol. The lowest BCUT2D eigenvalue weighted by atomic mass is 10.2. The molecule has 3 nitrogen and oxygen atoms in total. The molecule has 1 heterocycles. The minimum Gasteiger partial charge on any atom is -0.357 e. The summed E-state index contributed by atoms with van der Waals surface area (Å²) in [5, 5.41) is 7.28. The lowest BCUT2D eigenvalue weighted by Crippen LogP contribution is -2.40. The van der Waals surface area contributed by atoms with Crippen molar-refractivity contribution in [2.24, 2.45) is 4.99 Å². The fraction of sp³-hybridized carbons (Fsp3) is 0.533. The maximum Gasteiger partial charge on any atom is 0.191 e.